The standard InChI is InChI=1S/C48H50N10O10S2/c1-28-23-31(24-29(2)41(28)68-47(63)39-34-9-4-6-11-37(34)58(19-8-22-70(64,65)66)38-12-7-5-10-35(38)39)43(59)50-17-20-67-21-18-51-45(61)36(27-69-3)55-44(60)30-13-15-32(16-14-30)52-25-33-26-53-42-40(54-33)46(62)57-48(49)56-42/h4-7,9-16,23-24,26,36H,8,17-22,25,27H2,1-3H3,(H7-,49,50,51,52,53,55,56,57,59,60,61,62,64,65,66)/p+1. The lowest BCUT2D eigenvalue weighted by molar-refractivity contribution is -0.645. The number of hydrogen-bond donors (Lipinski definition) is 7. The maximum atomic E-state index is 14.1. The molecule has 7 rings (SSSR count). The maximum absolute atomic E-state index is 14.1. The van der Waals surface area contributed by atoms with Crippen LogP contribution in [0.15, 0.2) is 95.9 Å². The van der Waals surface area contributed by atoms with Crippen molar-refractivity contribution in [3.8, 4) is 5.75 Å². The molecule has 3 heterocycles. The second-order valence-corrected chi connectivity index (χ2v) is 18.6. The smallest absolute Gasteiger partial charge is 0.345 e. The van der Waals surface area contributed by atoms with E-state index in [1.807, 2.05) is 35.1 Å². The molecule has 7 aromatic rings. The first-order valence-corrected chi connectivity index (χ1v) is 25.0. The zero-order valence-electron chi connectivity index (χ0n) is 38.4. The van der Waals surface area contributed by atoms with Gasteiger partial charge in [-0.15, -0.1) is 0 Å². The van der Waals surface area contributed by atoms with Crippen LogP contribution in [0.3, 0.4) is 0 Å². The van der Waals surface area contributed by atoms with Crippen molar-refractivity contribution in [2.24, 2.45) is 0 Å². The first-order chi connectivity index (χ1) is 33.6. The zero-order chi connectivity index (χ0) is 50.0. The lowest BCUT2D eigenvalue weighted by atomic mass is 10.0. The summed E-state index contributed by atoms with van der Waals surface area (Å²) in [7, 11) is -4.16. The number of para-hydroxylation sites is 2. The fourth-order valence-corrected chi connectivity index (χ4v) is 8.82. The van der Waals surface area contributed by atoms with Gasteiger partial charge in [-0.3, -0.25) is 28.7 Å². The highest BCUT2D eigenvalue weighted by Crippen LogP contribution is 2.30. The number of anilines is 2. The number of nitrogens with zero attached hydrogens (tertiary/aromatic N) is 4. The summed E-state index contributed by atoms with van der Waals surface area (Å²) in [5, 5.41) is 12.8. The summed E-state index contributed by atoms with van der Waals surface area (Å²) in [5.41, 5.74) is 9.99. The number of aromatic amines is 1. The summed E-state index contributed by atoms with van der Waals surface area (Å²) in [6.45, 7) is 4.67. The van der Waals surface area contributed by atoms with E-state index in [4.69, 9.17) is 15.2 Å². The van der Waals surface area contributed by atoms with E-state index in [1.54, 1.807) is 74.5 Å². The molecule has 0 aliphatic carbocycles. The first kappa shape index (κ1) is 50.3. The van der Waals surface area contributed by atoms with Crippen molar-refractivity contribution >= 4 is 90.2 Å². The molecule has 0 fully saturated rings. The predicted molar refractivity (Wildman–Crippen MR) is 265 cm³/mol. The fraction of sp³-hybridized carbons (Fsp3) is 0.271. The van der Waals surface area contributed by atoms with Gasteiger partial charge in [0.2, 0.25) is 22.9 Å². The molecular formula is C48H51N10O10S2+. The van der Waals surface area contributed by atoms with Gasteiger partial charge in [0.05, 0.1) is 53.7 Å². The number of rotatable bonds is 21. The predicted octanol–water partition coefficient (Wildman–Crippen LogP) is 3.64. The summed E-state index contributed by atoms with van der Waals surface area (Å²) >= 11 is 1.40. The van der Waals surface area contributed by atoms with E-state index in [-0.39, 0.29) is 74.7 Å². The molecule has 8 N–H and O–H groups in total. The summed E-state index contributed by atoms with van der Waals surface area (Å²) in [6, 6.07) is 23.6. The highest BCUT2D eigenvalue weighted by molar-refractivity contribution is 7.98. The van der Waals surface area contributed by atoms with Crippen molar-refractivity contribution in [3.05, 3.63) is 135 Å². The number of nitrogen functional groups attached to an aromatic ring is 1. The lowest BCUT2D eigenvalue weighted by Gasteiger charge is -2.18. The van der Waals surface area contributed by atoms with Crippen LogP contribution in [0.5, 0.6) is 5.75 Å². The van der Waals surface area contributed by atoms with Gasteiger partial charge in [0, 0.05) is 54.2 Å². The number of carbonyl (C=O) groups is 4. The van der Waals surface area contributed by atoms with Gasteiger partial charge in [0.15, 0.2) is 17.7 Å². The number of esters is 1. The molecule has 4 aromatic carbocycles. The van der Waals surface area contributed by atoms with E-state index in [1.165, 1.54) is 18.0 Å². The number of benzene rings is 4. The Balaban J connectivity index is 0.858. The van der Waals surface area contributed by atoms with Crippen molar-refractivity contribution in [2.75, 3.05) is 55.1 Å². The van der Waals surface area contributed by atoms with E-state index in [2.05, 4.69) is 41.2 Å². The van der Waals surface area contributed by atoms with Gasteiger partial charge in [-0.05, 0) is 79.8 Å². The van der Waals surface area contributed by atoms with Gasteiger partial charge < -0.3 is 36.5 Å². The number of aryl methyl sites for hydroxylation is 3. The van der Waals surface area contributed by atoms with Crippen LogP contribution in [0.1, 0.15) is 54.3 Å². The van der Waals surface area contributed by atoms with Crippen LogP contribution < -0.4 is 41.9 Å². The molecule has 1 atom stereocenters. The Bertz CT molecular complexity index is 3200. The quantitative estimate of drug-likeness (QED) is 0.0135. The van der Waals surface area contributed by atoms with E-state index in [9.17, 15) is 36.9 Å². The minimum Gasteiger partial charge on any atom is -0.422 e. The maximum Gasteiger partial charge on any atom is 0.345 e. The van der Waals surface area contributed by atoms with Crippen LogP contribution in [-0.2, 0) is 32.7 Å². The van der Waals surface area contributed by atoms with Crippen LogP contribution >= 0.6 is 11.8 Å². The van der Waals surface area contributed by atoms with Gasteiger partial charge in [0.25, 0.3) is 27.5 Å². The van der Waals surface area contributed by atoms with Crippen LogP contribution in [0.25, 0.3) is 33.0 Å². The fourth-order valence-electron chi connectivity index (χ4n) is 7.76. The molecule has 0 spiro atoms. The van der Waals surface area contributed by atoms with Crippen molar-refractivity contribution in [2.45, 2.75) is 39.4 Å². The van der Waals surface area contributed by atoms with Crippen LogP contribution in [-0.4, -0.2) is 107 Å². The van der Waals surface area contributed by atoms with Gasteiger partial charge in [0.1, 0.15) is 11.8 Å². The van der Waals surface area contributed by atoms with Crippen molar-refractivity contribution in [3.63, 3.8) is 0 Å². The molecule has 0 bridgehead atoms. The average molecular weight is 992 g/mol. The molecule has 0 saturated carbocycles. The number of hydrogen-bond acceptors (Lipinski definition) is 15. The number of fused-ring (bicyclic) bond motifs is 3. The Morgan fingerprint density at radius 1 is 0.871 bits per heavy atom. The van der Waals surface area contributed by atoms with Crippen molar-refractivity contribution < 1.29 is 46.2 Å². The number of thioether (sulfide) groups is 1. The van der Waals surface area contributed by atoms with E-state index in [0.717, 1.165) is 0 Å². The van der Waals surface area contributed by atoms with E-state index < -0.39 is 39.3 Å². The number of H-pyrrole nitrogens is 1. The average Bonchev–Trinajstić information content (AvgIpc) is 3.33. The molecule has 0 radical (unpaired) electrons. The van der Waals surface area contributed by atoms with E-state index >= 15 is 0 Å². The molecule has 0 saturated heterocycles. The number of amides is 3. The number of nitrogens with two attached hydrogens (primary N) is 1. The minimum absolute atomic E-state index is 0.0499. The molecule has 70 heavy (non-hydrogen) atoms. The number of aromatic nitrogens is 5. The third-order valence-electron chi connectivity index (χ3n) is 11.0. The molecule has 0 aliphatic heterocycles. The minimum atomic E-state index is -4.16. The van der Waals surface area contributed by atoms with Crippen molar-refractivity contribution in [1.29, 1.82) is 0 Å². The van der Waals surface area contributed by atoms with E-state index in [0.29, 0.717) is 72.5 Å². The number of pyridine rings is 1. The highest BCUT2D eigenvalue weighted by atomic mass is 32.2. The Morgan fingerprint density at radius 2 is 1.51 bits per heavy atom. The Morgan fingerprint density at radius 3 is 2.16 bits per heavy atom. The summed E-state index contributed by atoms with van der Waals surface area (Å²) < 4.78 is 45.9. The summed E-state index contributed by atoms with van der Waals surface area (Å²) in [5.74, 6) is -1.59. The number of ether oxygens (including phenoxy) is 2. The highest BCUT2D eigenvalue weighted by Gasteiger charge is 2.27. The topological polar surface area (TPSA) is 291 Å². The van der Waals surface area contributed by atoms with Gasteiger partial charge in [-0.2, -0.15) is 29.7 Å². The number of carbonyl (C=O) groups excluding carboxylic acids is 4. The van der Waals surface area contributed by atoms with Gasteiger partial charge in [-0.1, -0.05) is 24.3 Å². The molecule has 20 nitrogen and oxygen atoms in total. The molecule has 364 valence electrons. The summed E-state index contributed by atoms with van der Waals surface area (Å²) in [4.78, 5) is 80.4. The van der Waals surface area contributed by atoms with Crippen LogP contribution in [0.2, 0.25) is 0 Å². The van der Waals surface area contributed by atoms with Gasteiger partial charge in [-0.25, -0.2) is 14.8 Å². The largest absolute Gasteiger partial charge is 0.422 e. The van der Waals surface area contributed by atoms with Gasteiger partial charge >= 0.3 is 5.97 Å². The monoisotopic (exact) mass is 991 g/mol. The van der Waals surface area contributed by atoms with Crippen LogP contribution in [0.4, 0.5) is 11.6 Å². The number of nitrogens with one attached hydrogen (secondary N) is 5. The molecule has 0 aliphatic rings. The Kier molecular flexibility index (Phi) is 16.3. The third kappa shape index (κ3) is 12.6. The zero-order valence-corrected chi connectivity index (χ0v) is 40.0. The Labute approximate surface area is 405 Å². The van der Waals surface area contributed by atoms with Crippen molar-refractivity contribution in [1.82, 2.24) is 35.9 Å². The van der Waals surface area contributed by atoms with Crippen LogP contribution in [0, 0.1) is 13.8 Å². The first-order valence-electron chi connectivity index (χ1n) is 22.0. The lowest BCUT2D eigenvalue weighted by Crippen LogP contribution is -2.49. The normalized spacial score (nSPS) is 11.9. The molecule has 3 aromatic heterocycles. The molecule has 3 amide bonds. The summed E-state index contributed by atoms with van der Waals surface area (Å²) in [6.07, 6.45) is 3.47. The molecule has 1 unspecified atom stereocenters. The third-order valence-corrected chi connectivity index (χ3v) is 12.4. The second kappa shape index (κ2) is 22.7. The second-order valence-electron chi connectivity index (χ2n) is 16.1. The Hall–Kier alpha value is -7.53. The molecule has 22 heteroatoms. The SMILES string of the molecule is CSCC(NC(=O)c1ccc(NCc2cnc3nc(N)[nH]c(=O)c3n2)cc1)C(=O)NCCOCCNC(=O)c1cc(C)c(OC(=O)c2c3ccccc3[n+](CCCS(=O)(=O)O)c3ccccc23)c(C)c1. The molecular weight excluding hydrogens is 941 g/mol.